The molecule has 0 bridgehead atoms. The summed E-state index contributed by atoms with van der Waals surface area (Å²) in [6.45, 7) is 2.75. The molecule has 8 heteroatoms. The second-order valence-corrected chi connectivity index (χ2v) is 6.42. The third-order valence-electron chi connectivity index (χ3n) is 3.84. The van der Waals surface area contributed by atoms with E-state index in [1.54, 1.807) is 30.3 Å². The third-order valence-corrected chi connectivity index (χ3v) is 4.83. The van der Waals surface area contributed by atoms with Crippen molar-refractivity contribution in [1.29, 1.82) is 0 Å². The van der Waals surface area contributed by atoms with Crippen LogP contribution >= 0.6 is 11.3 Å². The highest BCUT2D eigenvalue weighted by Crippen LogP contribution is 2.34. The fourth-order valence-corrected chi connectivity index (χ4v) is 3.66. The van der Waals surface area contributed by atoms with E-state index >= 15 is 0 Å². The van der Waals surface area contributed by atoms with Crippen LogP contribution in [0.4, 0.5) is 0 Å². The van der Waals surface area contributed by atoms with E-state index in [1.165, 1.54) is 11.3 Å². The van der Waals surface area contributed by atoms with Crippen LogP contribution in [0.5, 0.6) is 5.75 Å². The predicted octanol–water partition coefficient (Wildman–Crippen LogP) is 2.34. The van der Waals surface area contributed by atoms with Gasteiger partial charge < -0.3 is 14.4 Å². The van der Waals surface area contributed by atoms with E-state index in [1.807, 2.05) is 11.4 Å². The van der Waals surface area contributed by atoms with Gasteiger partial charge in [0.15, 0.2) is 0 Å². The highest BCUT2D eigenvalue weighted by Gasteiger charge is 2.35. The standard InChI is InChI=1S/C17H19N3O4S/c1-2-23-17(22)16(21)20-8-4-6-14(20)15-19-12(11-25-15)10-24-13-5-3-7-18-9-13/h3,5,7,9,11,14H,2,4,6,8,10H2,1H3. The fourth-order valence-electron chi connectivity index (χ4n) is 2.71. The summed E-state index contributed by atoms with van der Waals surface area (Å²) in [5.41, 5.74) is 0.791. The number of thiazole rings is 1. The molecular formula is C17H19N3O4S. The molecule has 25 heavy (non-hydrogen) atoms. The van der Waals surface area contributed by atoms with Gasteiger partial charge in [-0.25, -0.2) is 9.78 Å². The summed E-state index contributed by atoms with van der Waals surface area (Å²) in [6.07, 6.45) is 4.96. The van der Waals surface area contributed by atoms with Crippen LogP contribution in [-0.4, -0.2) is 39.9 Å². The maximum atomic E-state index is 12.2. The molecule has 0 aliphatic carbocycles. The number of carbonyl (C=O) groups is 2. The molecule has 3 rings (SSSR count). The van der Waals surface area contributed by atoms with Crippen molar-refractivity contribution in [3.8, 4) is 5.75 Å². The zero-order valence-corrected chi connectivity index (χ0v) is 14.7. The maximum Gasteiger partial charge on any atom is 0.397 e. The average molecular weight is 361 g/mol. The predicted molar refractivity (Wildman–Crippen MR) is 91.0 cm³/mol. The van der Waals surface area contributed by atoms with Crippen molar-refractivity contribution in [2.24, 2.45) is 0 Å². The van der Waals surface area contributed by atoms with Crippen molar-refractivity contribution < 1.29 is 19.1 Å². The van der Waals surface area contributed by atoms with Crippen LogP contribution in [0.15, 0.2) is 29.9 Å². The van der Waals surface area contributed by atoms with Crippen LogP contribution < -0.4 is 4.74 Å². The number of likely N-dealkylation sites (tertiary alicyclic amines) is 1. The van der Waals surface area contributed by atoms with Crippen molar-refractivity contribution in [3.63, 3.8) is 0 Å². The first-order valence-electron chi connectivity index (χ1n) is 8.14. The van der Waals surface area contributed by atoms with Gasteiger partial charge >= 0.3 is 11.9 Å². The monoisotopic (exact) mass is 361 g/mol. The van der Waals surface area contributed by atoms with Gasteiger partial charge in [-0.3, -0.25) is 9.78 Å². The third kappa shape index (κ3) is 4.14. The molecule has 7 nitrogen and oxygen atoms in total. The van der Waals surface area contributed by atoms with Crippen molar-refractivity contribution in [3.05, 3.63) is 40.6 Å². The van der Waals surface area contributed by atoms with Crippen molar-refractivity contribution in [2.45, 2.75) is 32.4 Å². The zero-order chi connectivity index (χ0) is 17.6. The summed E-state index contributed by atoms with van der Waals surface area (Å²) < 4.78 is 10.5. The molecule has 132 valence electrons. The molecule has 1 unspecified atom stereocenters. The highest BCUT2D eigenvalue weighted by molar-refractivity contribution is 7.09. The van der Waals surface area contributed by atoms with Crippen molar-refractivity contribution in [1.82, 2.24) is 14.9 Å². The molecule has 1 fully saturated rings. The SMILES string of the molecule is CCOC(=O)C(=O)N1CCCC1c1nc(COc2cccnc2)cs1. The first-order chi connectivity index (χ1) is 12.2. The number of ether oxygens (including phenoxy) is 2. The molecule has 0 radical (unpaired) electrons. The molecule has 1 amide bonds. The number of esters is 1. The average Bonchev–Trinajstić information content (AvgIpc) is 3.29. The summed E-state index contributed by atoms with van der Waals surface area (Å²) in [5, 5.41) is 2.73. The molecule has 0 spiro atoms. The van der Waals surface area contributed by atoms with Crippen LogP contribution in [0.2, 0.25) is 0 Å². The van der Waals surface area contributed by atoms with Gasteiger partial charge in [0, 0.05) is 18.1 Å². The number of aromatic nitrogens is 2. The Kier molecular flexibility index (Phi) is 5.60. The van der Waals surface area contributed by atoms with Gasteiger partial charge in [-0.1, -0.05) is 0 Å². The Hall–Kier alpha value is -2.48. The van der Waals surface area contributed by atoms with Crippen LogP contribution in [-0.2, 0) is 20.9 Å². The van der Waals surface area contributed by atoms with Crippen LogP contribution in [0.3, 0.4) is 0 Å². The molecule has 2 aromatic rings. The second-order valence-electron chi connectivity index (χ2n) is 5.53. The first-order valence-corrected chi connectivity index (χ1v) is 9.02. The van der Waals surface area contributed by atoms with E-state index in [0.717, 1.165) is 23.5 Å². The lowest BCUT2D eigenvalue weighted by molar-refractivity contribution is -0.160. The number of carbonyl (C=O) groups excluding carboxylic acids is 2. The Bertz CT molecular complexity index is 735. The number of nitrogens with zero attached hydrogens (tertiary/aromatic N) is 3. The summed E-state index contributed by atoms with van der Waals surface area (Å²) in [4.78, 5) is 34.1. The van der Waals surface area contributed by atoms with Gasteiger partial charge in [-0.15, -0.1) is 11.3 Å². The number of amides is 1. The van der Waals surface area contributed by atoms with Gasteiger partial charge in [0.2, 0.25) is 0 Å². The Labute approximate surface area is 149 Å². The van der Waals surface area contributed by atoms with E-state index in [9.17, 15) is 9.59 Å². The second kappa shape index (κ2) is 8.06. The maximum absolute atomic E-state index is 12.2. The summed E-state index contributed by atoms with van der Waals surface area (Å²) in [7, 11) is 0. The van der Waals surface area contributed by atoms with Crippen LogP contribution in [0.1, 0.15) is 36.5 Å². The molecule has 0 aromatic carbocycles. The number of hydrogen-bond donors (Lipinski definition) is 0. The largest absolute Gasteiger partial charge is 0.486 e. The normalized spacial score (nSPS) is 16.7. The Morgan fingerprint density at radius 3 is 3.08 bits per heavy atom. The minimum Gasteiger partial charge on any atom is -0.486 e. The molecule has 0 N–H and O–H groups in total. The number of pyridine rings is 1. The first kappa shape index (κ1) is 17.3. The Morgan fingerprint density at radius 1 is 1.44 bits per heavy atom. The van der Waals surface area contributed by atoms with E-state index < -0.39 is 11.9 Å². The molecule has 1 atom stereocenters. The molecule has 1 aliphatic heterocycles. The smallest absolute Gasteiger partial charge is 0.397 e. The highest BCUT2D eigenvalue weighted by atomic mass is 32.1. The summed E-state index contributed by atoms with van der Waals surface area (Å²) in [5.74, 6) is -0.712. The van der Waals surface area contributed by atoms with Crippen molar-refractivity contribution in [2.75, 3.05) is 13.2 Å². The summed E-state index contributed by atoms with van der Waals surface area (Å²) in [6, 6.07) is 3.46. The van der Waals surface area contributed by atoms with Gasteiger partial charge in [0.25, 0.3) is 0 Å². The molecule has 0 saturated carbocycles. The van der Waals surface area contributed by atoms with Crippen LogP contribution in [0, 0.1) is 0 Å². The van der Waals surface area contributed by atoms with E-state index in [2.05, 4.69) is 9.97 Å². The Balaban J connectivity index is 1.64. The van der Waals surface area contributed by atoms with E-state index in [4.69, 9.17) is 9.47 Å². The molecule has 2 aromatic heterocycles. The van der Waals surface area contributed by atoms with E-state index in [0.29, 0.717) is 18.9 Å². The molecular weight excluding hydrogens is 342 g/mol. The van der Waals surface area contributed by atoms with Crippen LogP contribution in [0.25, 0.3) is 0 Å². The molecule has 1 saturated heterocycles. The topological polar surface area (TPSA) is 81.6 Å². The zero-order valence-electron chi connectivity index (χ0n) is 13.9. The lowest BCUT2D eigenvalue weighted by atomic mass is 10.2. The fraction of sp³-hybridized carbons (Fsp3) is 0.412. The lowest BCUT2D eigenvalue weighted by Gasteiger charge is -2.21. The van der Waals surface area contributed by atoms with Crippen molar-refractivity contribution >= 4 is 23.2 Å². The molecule has 3 heterocycles. The molecule has 1 aliphatic rings. The Morgan fingerprint density at radius 2 is 2.32 bits per heavy atom. The minimum atomic E-state index is -0.800. The minimum absolute atomic E-state index is 0.172. The number of hydrogen-bond acceptors (Lipinski definition) is 7. The summed E-state index contributed by atoms with van der Waals surface area (Å²) >= 11 is 1.48. The van der Waals surface area contributed by atoms with Gasteiger partial charge in [-0.2, -0.15) is 0 Å². The van der Waals surface area contributed by atoms with Gasteiger partial charge in [0.1, 0.15) is 17.4 Å². The lowest BCUT2D eigenvalue weighted by Crippen LogP contribution is -2.37. The van der Waals surface area contributed by atoms with Gasteiger partial charge in [-0.05, 0) is 31.9 Å². The van der Waals surface area contributed by atoms with Gasteiger partial charge in [0.05, 0.1) is 24.5 Å². The quantitative estimate of drug-likeness (QED) is 0.601. The van der Waals surface area contributed by atoms with E-state index in [-0.39, 0.29) is 12.6 Å². The number of rotatable bonds is 5.